The zero-order valence-corrected chi connectivity index (χ0v) is 16.5. The Morgan fingerprint density at radius 3 is 2.04 bits per heavy atom. The molecule has 144 valence electrons. The first-order valence-electron chi connectivity index (χ1n) is 8.96. The average molecular weight is 376 g/mol. The van der Waals surface area contributed by atoms with Crippen LogP contribution in [0.15, 0.2) is 60.9 Å². The summed E-state index contributed by atoms with van der Waals surface area (Å²) in [5.74, 6) is 0.515. The van der Waals surface area contributed by atoms with E-state index in [1.165, 1.54) is 5.56 Å². The molecule has 1 aromatic heterocycles. The Hall–Kier alpha value is -3.34. The van der Waals surface area contributed by atoms with Crippen molar-refractivity contribution in [1.82, 2.24) is 4.98 Å². The van der Waals surface area contributed by atoms with E-state index >= 15 is 0 Å². The molecule has 0 saturated carbocycles. The average Bonchev–Trinajstić information content (AvgIpc) is 2.73. The third-order valence-electron chi connectivity index (χ3n) is 5.11. The van der Waals surface area contributed by atoms with Gasteiger partial charge >= 0.3 is 0 Å². The van der Waals surface area contributed by atoms with Crippen molar-refractivity contribution in [2.45, 2.75) is 19.3 Å². The summed E-state index contributed by atoms with van der Waals surface area (Å²) in [6.45, 7) is 4.33. The van der Waals surface area contributed by atoms with Crippen molar-refractivity contribution in [3.8, 4) is 22.6 Å². The number of pyridine rings is 1. The van der Waals surface area contributed by atoms with Crippen LogP contribution in [0.4, 0.5) is 0 Å². The largest absolute Gasteiger partial charge is 0.493 e. The predicted octanol–water partition coefficient (Wildman–Crippen LogP) is 4.19. The van der Waals surface area contributed by atoms with E-state index in [1.807, 2.05) is 24.3 Å². The highest BCUT2D eigenvalue weighted by molar-refractivity contribution is 6.02. The van der Waals surface area contributed by atoms with Crippen LogP contribution in [-0.4, -0.2) is 25.1 Å². The topological polar surface area (TPSA) is 74.4 Å². The fourth-order valence-corrected chi connectivity index (χ4v) is 3.41. The molecule has 0 bridgehead atoms. The van der Waals surface area contributed by atoms with Gasteiger partial charge in [0.05, 0.1) is 19.8 Å². The molecule has 2 aromatic carbocycles. The van der Waals surface area contributed by atoms with Gasteiger partial charge in [-0.2, -0.15) is 0 Å². The molecule has 3 rings (SSSR count). The van der Waals surface area contributed by atoms with Crippen LogP contribution in [0.3, 0.4) is 0 Å². The zero-order valence-electron chi connectivity index (χ0n) is 16.5. The van der Waals surface area contributed by atoms with Gasteiger partial charge in [0.25, 0.3) is 0 Å². The number of ether oxygens (including phenoxy) is 2. The highest BCUT2D eigenvalue weighted by Gasteiger charge is 2.24. The SMILES string of the molecule is COc1ccc(C(N)=O)c(-c2ccc(C(C)(C)c3ccncc3)cc2)c1OC. The standard InChI is InChI=1S/C23H24N2O3/c1-23(2,17-11-13-25-14-12-17)16-7-5-15(6-8-16)20-18(22(24)26)9-10-19(27-3)21(20)28-4/h5-14H,1-4H3,(H2,24,26). The smallest absolute Gasteiger partial charge is 0.249 e. The van der Waals surface area contributed by atoms with Crippen LogP contribution in [0.2, 0.25) is 0 Å². The van der Waals surface area contributed by atoms with E-state index in [0.717, 1.165) is 11.1 Å². The molecule has 0 aliphatic carbocycles. The van der Waals surface area contributed by atoms with Crippen molar-refractivity contribution in [3.63, 3.8) is 0 Å². The Kier molecular flexibility index (Phi) is 5.36. The zero-order chi connectivity index (χ0) is 20.3. The van der Waals surface area contributed by atoms with E-state index in [9.17, 15) is 4.79 Å². The summed E-state index contributed by atoms with van der Waals surface area (Å²) in [6.07, 6.45) is 3.59. The van der Waals surface area contributed by atoms with E-state index in [-0.39, 0.29) is 5.41 Å². The van der Waals surface area contributed by atoms with Gasteiger partial charge in [0.1, 0.15) is 0 Å². The molecule has 0 fully saturated rings. The number of carbonyl (C=O) groups excluding carboxylic acids is 1. The minimum atomic E-state index is -0.517. The number of hydrogen-bond acceptors (Lipinski definition) is 4. The number of primary amides is 1. The maximum Gasteiger partial charge on any atom is 0.249 e. The Morgan fingerprint density at radius 2 is 1.50 bits per heavy atom. The highest BCUT2D eigenvalue weighted by atomic mass is 16.5. The Bertz CT molecular complexity index is 981. The first-order valence-corrected chi connectivity index (χ1v) is 8.96. The Morgan fingerprint density at radius 1 is 0.893 bits per heavy atom. The Balaban J connectivity index is 2.11. The third kappa shape index (κ3) is 3.43. The van der Waals surface area contributed by atoms with Crippen molar-refractivity contribution >= 4 is 5.91 Å². The van der Waals surface area contributed by atoms with Crippen LogP contribution in [0.1, 0.15) is 35.3 Å². The second-order valence-electron chi connectivity index (χ2n) is 7.03. The van der Waals surface area contributed by atoms with Gasteiger partial charge in [-0.25, -0.2) is 0 Å². The van der Waals surface area contributed by atoms with Gasteiger partial charge in [-0.3, -0.25) is 9.78 Å². The van der Waals surface area contributed by atoms with Gasteiger partial charge in [0.2, 0.25) is 5.91 Å². The lowest BCUT2D eigenvalue weighted by molar-refractivity contribution is 0.100. The molecule has 28 heavy (non-hydrogen) atoms. The second kappa shape index (κ2) is 7.72. The van der Waals surface area contributed by atoms with Gasteiger partial charge in [0.15, 0.2) is 11.5 Å². The van der Waals surface area contributed by atoms with Crippen molar-refractivity contribution < 1.29 is 14.3 Å². The van der Waals surface area contributed by atoms with Crippen molar-refractivity contribution in [2.24, 2.45) is 5.73 Å². The number of rotatable bonds is 6. The minimum absolute atomic E-state index is 0.188. The molecule has 0 atom stereocenters. The van der Waals surface area contributed by atoms with Gasteiger partial charge in [-0.15, -0.1) is 0 Å². The molecule has 0 unspecified atom stereocenters. The van der Waals surface area contributed by atoms with Crippen LogP contribution < -0.4 is 15.2 Å². The van der Waals surface area contributed by atoms with Crippen LogP contribution in [0.25, 0.3) is 11.1 Å². The van der Waals surface area contributed by atoms with Gasteiger partial charge in [0, 0.05) is 23.4 Å². The number of amides is 1. The van der Waals surface area contributed by atoms with E-state index in [0.29, 0.717) is 22.6 Å². The predicted molar refractivity (Wildman–Crippen MR) is 110 cm³/mol. The number of hydrogen-bond donors (Lipinski definition) is 1. The molecular weight excluding hydrogens is 352 g/mol. The van der Waals surface area contributed by atoms with Crippen molar-refractivity contribution in [2.75, 3.05) is 14.2 Å². The van der Waals surface area contributed by atoms with E-state index in [2.05, 4.69) is 31.0 Å². The molecule has 3 aromatic rings. The van der Waals surface area contributed by atoms with Gasteiger partial charge in [-0.05, 0) is 41.0 Å². The maximum absolute atomic E-state index is 12.0. The monoisotopic (exact) mass is 376 g/mol. The summed E-state index contributed by atoms with van der Waals surface area (Å²) in [4.78, 5) is 16.1. The number of nitrogens with two attached hydrogens (primary N) is 1. The maximum atomic E-state index is 12.0. The molecule has 2 N–H and O–H groups in total. The van der Waals surface area contributed by atoms with Crippen LogP contribution >= 0.6 is 0 Å². The van der Waals surface area contributed by atoms with E-state index in [4.69, 9.17) is 15.2 Å². The molecule has 0 radical (unpaired) electrons. The fraction of sp³-hybridized carbons (Fsp3) is 0.217. The normalized spacial score (nSPS) is 11.1. The Labute approximate surface area is 165 Å². The molecular formula is C23H24N2O3. The summed E-state index contributed by atoms with van der Waals surface area (Å²) >= 11 is 0. The molecule has 1 heterocycles. The quantitative estimate of drug-likeness (QED) is 0.700. The number of methoxy groups -OCH3 is 2. The summed E-state index contributed by atoms with van der Waals surface area (Å²) in [5.41, 5.74) is 9.58. The second-order valence-corrected chi connectivity index (χ2v) is 7.03. The first-order chi connectivity index (χ1) is 13.4. The first kappa shape index (κ1) is 19.4. The molecule has 5 nitrogen and oxygen atoms in total. The lowest BCUT2D eigenvalue weighted by Crippen LogP contribution is -2.18. The fourth-order valence-electron chi connectivity index (χ4n) is 3.41. The van der Waals surface area contributed by atoms with Crippen LogP contribution in [0.5, 0.6) is 11.5 Å². The lowest BCUT2D eigenvalue weighted by atomic mass is 9.78. The minimum Gasteiger partial charge on any atom is -0.493 e. The van der Waals surface area contributed by atoms with Crippen molar-refractivity contribution in [3.05, 3.63) is 77.6 Å². The van der Waals surface area contributed by atoms with E-state index in [1.54, 1.807) is 38.7 Å². The van der Waals surface area contributed by atoms with Crippen molar-refractivity contribution in [1.29, 1.82) is 0 Å². The van der Waals surface area contributed by atoms with Crippen LogP contribution in [-0.2, 0) is 5.41 Å². The van der Waals surface area contributed by atoms with E-state index < -0.39 is 5.91 Å². The molecule has 0 saturated heterocycles. The van der Waals surface area contributed by atoms with Gasteiger partial charge < -0.3 is 15.2 Å². The number of nitrogens with zero attached hydrogens (tertiary/aromatic N) is 1. The molecule has 0 aliphatic heterocycles. The summed E-state index contributed by atoms with van der Waals surface area (Å²) in [7, 11) is 3.11. The summed E-state index contributed by atoms with van der Waals surface area (Å²) < 4.78 is 10.9. The van der Waals surface area contributed by atoms with Gasteiger partial charge in [-0.1, -0.05) is 38.1 Å². The summed E-state index contributed by atoms with van der Waals surface area (Å²) in [6, 6.07) is 15.4. The molecule has 5 heteroatoms. The lowest BCUT2D eigenvalue weighted by Gasteiger charge is -2.26. The third-order valence-corrected chi connectivity index (χ3v) is 5.11. The van der Waals surface area contributed by atoms with Crippen LogP contribution in [0, 0.1) is 0 Å². The number of aromatic nitrogens is 1. The number of benzene rings is 2. The molecule has 1 amide bonds. The summed E-state index contributed by atoms with van der Waals surface area (Å²) in [5, 5.41) is 0. The molecule has 0 spiro atoms. The molecule has 0 aliphatic rings. The number of carbonyl (C=O) groups is 1. The highest BCUT2D eigenvalue weighted by Crippen LogP contribution is 2.41.